The number of nitrogen functional groups attached to an aromatic ring is 1. The van der Waals surface area contributed by atoms with Gasteiger partial charge < -0.3 is 20.9 Å². The van der Waals surface area contributed by atoms with Gasteiger partial charge in [-0.15, -0.1) is 0 Å². The summed E-state index contributed by atoms with van der Waals surface area (Å²) in [6, 6.07) is 13.4. The van der Waals surface area contributed by atoms with E-state index in [0.29, 0.717) is 45.9 Å². The van der Waals surface area contributed by atoms with Crippen molar-refractivity contribution in [2.75, 3.05) is 25.4 Å². The van der Waals surface area contributed by atoms with Gasteiger partial charge in [-0.2, -0.15) is 0 Å². The highest BCUT2D eigenvalue weighted by atomic mass is 35.5. The monoisotopic (exact) mass is 454 g/mol. The number of anilines is 1. The Morgan fingerprint density at radius 3 is 2.41 bits per heavy atom. The van der Waals surface area contributed by atoms with E-state index in [1.165, 1.54) is 5.56 Å². The van der Waals surface area contributed by atoms with Gasteiger partial charge in [0.1, 0.15) is 0 Å². The molecule has 29 heavy (non-hydrogen) atoms. The lowest BCUT2D eigenvalue weighted by molar-refractivity contribution is 0.174. The number of aliphatic hydroxyl groups is 1. The van der Waals surface area contributed by atoms with E-state index in [1.54, 1.807) is 12.1 Å². The van der Waals surface area contributed by atoms with Crippen molar-refractivity contribution >= 4 is 46.2 Å². The SMILES string of the molecule is Nc1c(Cl)cc(C(O)CNCCCCCCOC(=S)Cc2ccccc2)cc1Cl. The van der Waals surface area contributed by atoms with Crippen LogP contribution in [0, 0.1) is 0 Å². The number of nitrogens with two attached hydrogens (primary N) is 1. The fourth-order valence-electron chi connectivity index (χ4n) is 2.86. The van der Waals surface area contributed by atoms with Crippen molar-refractivity contribution < 1.29 is 9.84 Å². The van der Waals surface area contributed by atoms with Crippen LogP contribution in [0.1, 0.15) is 42.9 Å². The zero-order valence-electron chi connectivity index (χ0n) is 16.4. The Kier molecular flexibility index (Phi) is 10.7. The molecule has 4 N–H and O–H groups in total. The molecule has 0 fully saturated rings. The molecule has 2 aromatic carbocycles. The number of thiocarbonyl (C=S) groups is 1. The molecule has 0 heterocycles. The molecule has 0 radical (unpaired) electrons. The van der Waals surface area contributed by atoms with Crippen LogP contribution in [0.15, 0.2) is 42.5 Å². The average Bonchev–Trinajstić information content (AvgIpc) is 2.71. The van der Waals surface area contributed by atoms with E-state index >= 15 is 0 Å². The van der Waals surface area contributed by atoms with Crippen LogP contribution in [0.25, 0.3) is 0 Å². The summed E-state index contributed by atoms with van der Waals surface area (Å²) in [5, 5.41) is 14.9. The molecule has 0 aliphatic heterocycles. The molecule has 0 aliphatic rings. The van der Waals surface area contributed by atoms with Crippen LogP contribution in [0.5, 0.6) is 0 Å². The number of ether oxygens (including phenoxy) is 1. The van der Waals surface area contributed by atoms with Gasteiger partial charge in [0.25, 0.3) is 0 Å². The molecule has 1 unspecified atom stereocenters. The van der Waals surface area contributed by atoms with Crippen molar-refractivity contribution in [2.45, 2.75) is 38.2 Å². The lowest BCUT2D eigenvalue weighted by Crippen LogP contribution is -2.22. The number of hydrogen-bond donors (Lipinski definition) is 3. The summed E-state index contributed by atoms with van der Waals surface area (Å²) in [4.78, 5) is 0. The molecule has 7 heteroatoms. The predicted molar refractivity (Wildman–Crippen MR) is 126 cm³/mol. The number of nitrogens with one attached hydrogen (secondary N) is 1. The van der Waals surface area contributed by atoms with Crippen LogP contribution in [-0.4, -0.2) is 29.9 Å². The Balaban J connectivity index is 1.49. The summed E-state index contributed by atoms with van der Waals surface area (Å²) in [7, 11) is 0. The number of hydrogen-bond acceptors (Lipinski definition) is 5. The normalized spacial score (nSPS) is 12.0. The number of unbranched alkanes of at least 4 members (excludes halogenated alkanes) is 3. The molecule has 2 rings (SSSR count). The van der Waals surface area contributed by atoms with Gasteiger partial charge in [-0.3, -0.25) is 0 Å². The van der Waals surface area contributed by atoms with E-state index < -0.39 is 6.10 Å². The van der Waals surface area contributed by atoms with Gasteiger partial charge >= 0.3 is 0 Å². The van der Waals surface area contributed by atoms with E-state index in [-0.39, 0.29) is 0 Å². The topological polar surface area (TPSA) is 67.5 Å². The molecule has 0 aliphatic carbocycles. The third-order valence-electron chi connectivity index (χ3n) is 4.53. The first-order valence-corrected chi connectivity index (χ1v) is 11.0. The quantitative estimate of drug-likeness (QED) is 0.229. The van der Waals surface area contributed by atoms with E-state index in [9.17, 15) is 5.11 Å². The molecule has 0 spiro atoms. The van der Waals surface area contributed by atoms with Crippen molar-refractivity contribution in [3.8, 4) is 0 Å². The van der Waals surface area contributed by atoms with E-state index in [1.807, 2.05) is 18.2 Å². The van der Waals surface area contributed by atoms with E-state index in [2.05, 4.69) is 17.4 Å². The maximum Gasteiger partial charge on any atom is 0.164 e. The van der Waals surface area contributed by atoms with Crippen LogP contribution in [-0.2, 0) is 11.2 Å². The standard InChI is InChI=1S/C22H28Cl2N2O2S/c23-18-13-17(14-19(24)22(18)25)20(27)15-26-10-6-1-2-7-11-28-21(29)12-16-8-4-3-5-9-16/h3-5,8-9,13-14,20,26-27H,1-2,6-7,10-12,15,25H2. The molecule has 0 aromatic heterocycles. The van der Waals surface area contributed by atoms with Crippen molar-refractivity contribution in [1.29, 1.82) is 0 Å². The molecule has 0 saturated heterocycles. The first-order chi connectivity index (χ1) is 14.0. The van der Waals surface area contributed by atoms with Crippen LogP contribution >= 0.6 is 35.4 Å². The smallest absolute Gasteiger partial charge is 0.164 e. The zero-order chi connectivity index (χ0) is 21.1. The number of halogens is 2. The highest BCUT2D eigenvalue weighted by Gasteiger charge is 2.11. The number of aliphatic hydroxyl groups excluding tert-OH is 1. The van der Waals surface area contributed by atoms with Gasteiger partial charge in [-0.25, -0.2) is 0 Å². The second-order valence-corrected chi connectivity index (χ2v) is 8.18. The molecule has 2 aromatic rings. The molecule has 0 amide bonds. The van der Waals surface area contributed by atoms with Crippen LogP contribution in [0.2, 0.25) is 10.0 Å². The van der Waals surface area contributed by atoms with Crippen molar-refractivity contribution in [1.82, 2.24) is 5.32 Å². The summed E-state index contributed by atoms with van der Waals surface area (Å²) in [6.07, 6.45) is 4.21. The number of benzene rings is 2. The van der Waals surface area contributed by atoms with E-state index in [4.69, 9.17) is 45.9 Å². The van der Waals surface area contributed by atoms with Gasteiger partial charge in [0.05, 0.1) is 28.4 Å². The summed E-state index contributed by atoms with van der Waals surface area (Å²) < 4.78 is 5.63. The molecule has 4 nitrogen and oxygen atoms in total. The van der Waals surface area contributed by atoms with Crippen molar-refractivity contribution in [3.63, 3.8) is 0 Å². The Morgan fingerprint density at radius 1 is 1.07 bits per heavy atom. The summed E-state index contributed by atoms with van der Waals surface area (Å²) in [6.45, 7) is 1.94. The lowest BCUT2D eigenvalue weighted by Gasteiger charge is -2.14. The summed E-state index contributed by atoms with van der Waals surface area (Å²) in [5.74, 6) is 0. The Bertz CT molecular complexity index is 752. The Hall–Kier alpha value is -1.37. The molecule has 0 saturated carbocycles. The van der Waals surface area contributed by atoms with Crippen molar-refractivity contribution in [3.05, 3.63) is 63.6 Å². The molecule has 0 bridgehead atoms. The lowest BCUT2D eigenvalue weighted by atomic mass is 10.1. The second kappa shape index (κ2) is 13.0. The summed E-state index contributed by atoms with van der Waals surface area (Å²) >= 11 is 17.3. The molecule has 1 atom stereocenters. The van der Waals surface area contributed by atoms with Crippen LogP contribution < -0.4 is 11.1 Å². The minimum atomic E-state index is -0.676. The molecular weight excluding hydrogens is 427 g/mol. The second-order valence-electron chi connectivity index (χ2n) is 6.92. The van der Waals surface area contributed by atoms with Crippen LogP contribution in [0.3, 0.4) is 0 Å². The fraction of sp³-hybridized carbons (Fsp3) is 0.409. The van der Waals surface area contributed by atoms with Crippen LogP contribution in [0.4, 0.5) is 5.69 Å². The van der Waals surface area contributed by atoms with Gasteiger partial charge in [0.15, 0.2) is 5.05 Å². The predicted octanol–water partition coefficient (Wildman–Crippen LogP) is 5.35. The Labute approximate surface area is 188 Å². The highest BCUT2D eigenvalue weighted by molar-refractivity contribution is 7.80. The summed E-state index contributed by atoms with van der Waals surface area (Å²) in [5.41, 5.74) is 7.88. The Morgan fingerprint density at radius 2 is 1.72 bits per heavy atom. The largest absolute Gasteiger partial charge is 0.487 e. The maximum atomic E-state index is 10.2. The minimum Gasteiger partial charge on any atom is -0.487 e. The minimum absolute atomic E-state index is 0.335. The van der Waals surface area contributed by atoms with Gasteiger partial charge in [-0.05, 0) is 54.9 Å². The third kappa shape index (κ3) is 8.89. The zero-order valence-corrected chi connectivity index (χ0v) is 18.7. The highest BCUT2D eigenvalue weighted by Crippen LogP contribution is 2.31. The van der Waals surface area contributed by atoms with Gasteiger partial charge in [0, 0.05) is 13.0 Å². The van der Waals surface area contributed by atoms with Gasteiger partial charge in [0.2, 0.25) is 0 Å². The maximum absolute atomic E-state index is 10.2. The first kappa shape index (κ1) is 23.9. The van der Waals surface area contributed by atoms with E-state index in [0.717, 1.165) is 32.2 Å². The van der Waals surface area contributed by atoms with Gasteiger partial charge in [-0.1, -0.05) is 66.4 Å². The third-order valence-corrected chi connectivity index (χ3v) is 5.41. The molecule has 158 valence electrons. The number of rotatable bonds is 12. The molecular formula is C22H28Cl2N2O2S. The first-order valence-electron chi connectivity index (χ1n) is 9.80. The fourth-order valence-corrected chi connectivity index (χ4v) is 3.61. The van der Waals surface area contributed by atoms with Crippen molar-refractivity contribution in [2.24, 2.45) is 0 Å². The average molecular weight is 455 g/mol.